The molecular formula is C21H19N5O2. The highest BCUT2D eigenvalue weighted by molar-refractivity contribution is 5.91. The van der Waals surface area contributed by atoms with E-state index >= 15 is 0 Å². The van der Waals surface area contributed by atoms with E-state index in [1.807, 2.05) is 54.6 Å². The lowest BCUT2D eigenvalue weighted by atomic mass is 10.2. The van der Waals surface area contributed by atoms with E-state index in [9.17, 15) is 0 Å². The van der Waals surface area contributed by atoms with E-state index in [0.717, 1.165) is 22.3 Å². The van der Waals surface area contributed by atoms with Crippen LogP contribution in [0.15, 0.2) is 67.0 Å². The summed E-state index contributed by atoms with van der Waals surface area (Å²) < 4.78 is 10.6. The first kappa shape index (κ1) is 17.5. The molecular weight excluding hydrogens is 354 g/mol. The Morgan fingerprint density at radius 1 is 0.786 bits per heavy atom. The number of fused-ring (bicyclic) bond motifs is 1. The van der Waals surface area contributed by atoms with Gasteiger partial charge in [-0.05, 0) is 30.3 Å². The highest BCUT2D eigenvalue weighted by Gasteiger charge is 2.07. The van der Waals surface area contributed by atoms with Crippen LogP contribution in [0.2, 0.25) is 0 Å². The molecule has 0 bridgehead atoms. The third-order valence-corrected chi connectivity index (χ3v) is 4.19. The van der Waals surface area contributed by atoms with Gasteiger partial charge in [0.15, 0.2) is 11.5 Å². The summed E-state index contributed by atoms with van der Waals surface area (Å²) in [7, 11) is 3.20. The number of rotatable bonds is 6. The Bertz CT molecular complexity index is 1110. The smallest absolute Gasteiger partial charge is 0.229 e. The topological polar surface area (TPSA) is 81.2 Å². The van der Waals surface area contributed by atoms with E-state index < -0.39 is 0 Å². The maximum atomic E-state index is 5.33. The minimum absolute atomic E-state index is 0.463. The molecule has 0 spiro atoms. The third kappa shape index (κ3) is 3.64. The SMILES string of the molecule is COc1ccc(Nc2nccc(Nc3cccc4cccnc34)n2)cc1OC. The summed E-state index contributed by atoms with van der Waals surface area (Å²) in [6.07, 6.45) is 3.47. The van der Waals surface area contributed by atoms with Crippen molar-refractivity contribution in [2.24, 2.45) is 0 Å². The van der Waals surface area contributed by atoms with Crippen LogP contribution in [0.5, 0.6) is 11.5 Å². The predicted octanol–water partition coefficient (Wildman–Crippen LogP) is 4.53. The van der Waals surface area contributed by atoms with Gasteiger partial charge in [-0.2, -0.15) is 4.98 Å². The number of pyridine rings is 1. The molecule has 0 aliphatic carbocycles. The van der Waals surface area contributed by atoms with Gasteiger partial charge in [0.2, 0.25) is 5.95 Å². The maximum Gasteiger partial charge on any atom is 0.229 e. The van der Waals surface area contributed by atoms with Crippen molar-refractivity contribution in [1.29, 1.82) is 0 Å². The average molecular weight is 373 g/mol. The van der Waals surface area contributed by atoms with Gasteiger partial charge in [-0.15, -0.1) is 0 Å². The lowest BCUT2D eigenvalue weighted by molar-refractivity contribution is 0.355. The number of ether oxygens (including phenoxy) is 2. The van der Waals surface area contributed by atoms with E-state index in [2.05, 4.69) is 25.6 Å². The Labute approximate surface area is 162 Å². The van der Waals surface area contributed by atoms with Crippen molar-refractivity contribution >= 4 is 34.0 Å². The van der Waals surface area contributed by atoms with E-state index in [1.54, 1.807) is 26.6 Å². The van der Waals surface area contributed by atoms with E-state index in [-0.39, 0.29) is 0 Å². The van der Waals surface area contributed by atoms with Crippen LogP contribution in [0.4, 0.5) is 23.1 Å². The monoisotopic (exact) mass is 373 g/mol. The zero-order valence-corrected chi connectivity index (χ0v) is 15.5. The van der Waals surface area contributed by atoms with Crippen LogP contribution in [-0.4, -0.2) is 29.2 Å². The van der Waals surface area contributed by atoms with Gasteiger partial charge in [0.05, 0.1) is 25.4 Å². The van der Waals surface area contributed by atoms with Crippen molar-refractivity contribution < 1.29 is 9.47 Å². The Balaban J connectivity index is 1.58. The molecule has 0 amide bonds. The van der Waals surface area contributed by atoms with Crippen LogP contribution in [0.1, 0.15) is 0 Å². The van der Waals surface area contributed by atoms with Gasteiger partial charge in [0, 0.05) is 29.5 Å². The van der Waals surface area contributed by atoms with Crippen LogP contribution >= 0.6 is 0 Å². The number of nitrogens with one attached hydrogen (secondary N) is 2. The number of nitrogens with zero attached hydrogens (tertiary/aromatic N) is 3. The second-order valence-corrected chi connectivity index (χ2v) is 5.97. The fourth-order valence-electron chi connectivity index (χ4n) is 2.87. The number of para-hydroxylation sites is 1. The third-order valence-electron chi connectivity index (χ3n) is 4.19. The van der Waals surface area contributed by atoms with Crippen molar-refractivity contribution in [3.05, 3.63) is 67.0 Å². The minimum atomic E-state index is 0.463. The molecule has 0 saturated heterocycles. The molecule has 0 aliphatic heterocycles. The standard InChI is InChI=1S/C21H19N5O2/c1-27-17-9-8-15(13-18(17)28-2)24-21-23-12-10-19(26-21)25-16-7-3-5-14-6-4-11-22-20(14)16/h3-13H,1-2H3,(H2,23,24,25,26). The van der Waals surface area contributed by atoms with Crippen molar-refractivity contribution in [2.45, 2.75) is 0 Å². The summed E-state index contributed by atoms with van der Waals surface area (Å²) in [5, 5.41) is 7.56. The van der Waals surface area contributed by atoms with Crippen molar-refractivity contribution in [3.63, 3.8) is 0 Å². The van der Waals surface area contributed by atoms with Crippen LogP contribution in [0.25, 0.3) is 10.9 Å². The van der Waals surface area contributed by atoms with Gasteiger partial charge in [0.25, 0.3) is 0 Å². The summed E-state index contributed by atoms with van der Waals surface area (Å²) in [5.74, 6) is 2.41. The Morgan fingerprint density at radius 3 is 2.50 bits per heavy atom. The van der Waals surface area contributed by atoms with Gasteiger partial charge < -0.3 is 20.1 Å². The highest BCUT2D eigenvalue weighted by Crippen LogP contribution is 2.31. The molecule has 0 fully saturated rings. The first-order valence-electron chi connectivity index (χ1n) is 8.69. The van der Waals surface area contributed by atoms with Crippen LogP contribution in [0.3, 0.4) is 0 Å². The molecule has 7 nitrogen and oxygen atoms in total. The molecule has 2 N–H and O–H groups in total. The number of hydrogen-bond acceptors (Lipinski definition) is 7. The number of benzene rings is 2. The van der Waals surface area contributed by atoms with Gasteiger partial charge in [-0.1, -0.05) is 18.2 Å². The molecule has 0 aliphatic rings. The Kier molecular flexibility index (Phi) is 4.88. The van der Waals surface area contributed by atoms with Crippen LogP contribution in [-0.2, 0) is 0 Å². The fraction of sp³-hybridized carbons (Fsp3) is 0.0952. The lowest BCUT2D eigenvalue weighted by Gasteiger charge is -2.12. The number of hydrogen-bond donors (Lipinski definition) is 2. The molecule has 0 radical (unpaired) electrons. The van der Waals surface area contributed by atoms with Crippen molar-refractivity contribution in [1.82, 2.24) is 15.0 Å². The fourth-order valence-corrected chi connectivity index (χ4v) is 2.87. The molecule has 7 heteroatoms. The largest absolute Gasteiger partial charge is 0.493 e. The molecule has 0 unspecified atom stereocenters. The molecule has 0 saturated carbocycles. The summed E-state index contributed by atoms with van der Waals surface area (Å²) >= 11 is 0. The zero-order valence-electron chi connectivity index (χ0n) is 15.5. The van der Waals surface area contributed by atoms with Crippen molar-refractivity contribution in [3.8, 4) is 11.5 Å². The summed E-state index contributed by atoms with van der Waals surface area (Å²) in [6.45, 7) is 0. The first-order chi connectivity index (χ1) is 13.8. The van der Waals surface area contributed by atoms with Gasteiger partial charge >= 0.3 is 0 Å². The lowest BCUT2D eigenvalue weighted by Crippen LogP contribution is -2.01. The van der Waals surface area contributed by atoms with Gasteiger partial charge in [0.1, 0.15) is 5.82 Å². The molecule has 4 rings (SSSR count). The normalized spacial score (nSPS) is 10.5. The Hall–Kier alpha value is -3.87. The van der Waals surface area contributed by atoms with Crippen LogP contribution < -0.4 is 20.1 Å². The second kappa shape index (κ2) is 7.79. The number of anilines is 4. The highest BCUT2D eigenvalue weighted by atomic mass is 16.5. The molecule has 4 aromatic rings. The molecule has 140 valence electrons. The number of aromatic nitrogens is 3. The summed E-state index contributed by atoms with van der Waals surface area (Å²) in [6, 6.07) is 17.3. The molecule has 2 aromatic carbocycles. The van der Waals surface area contributed by atoms with E-state index in [4.69, 9.17) is 9.47 Å². The van der Waals surface area contributed by atoms with Crippen molar-refractivity contribution in [2.75, 3.05) is 24.9 Å². The Morgan fingerprint density at radius 2 is 1.64 bits per heavy atom. The van der Waals surface area contributed by atoms with E-state index in [1.165, 1.54) is 0 Å². The average Bonchev–Trinajstić information content (AvgIpc) is 2.74. The summed E-state index contributed by atoms with van der Waals surface area (Å²) in [5.41, 5.74) is 2.56. The first-order valence-corrected chi connectivity index (χ1v) is 8.69. The number of methoxy groups -OCH3 is 2. The molecule has 2 heterocycles. The second-order valence-electron chi connectivity index (χ2n) is 5.97. The zero-order chi connectivity index (χ0) is 19.3. The molecule has 2 aromatic heterocycles. The molecule has 28 heavy (non-hydrogen) atoms. The summed E-state index contributed by atoms with van der Waals surface area (Å²) in [4.78, 5) is 13.3. The van der Waals surface area contributed by atoms with E-state index in [0.29, 0.717) is 23.3 Å². The predicted molar refractivity (Wildman–Crippen MR) is 110 cm³/mol. The van der Waals surface area contributed by atoms with Gasteiger partial charge in [-0.3, -0.25) is 4.98 Å². The van der Waals surface area contributed by atoms with Crippen LogP contribution in [0, 0.1) is 0 Å². The maximum absolute atomic E-state index is 5.33. The minimum Gasteiger partial charge on any atom is -0.493 e. The molecule has 0 atom stereocenters. The van der Waals surface area contributed by atoms with Gasteiger partial charge in [-0.25, -0.2) is 4.98 Å². The quantitative estimate of drug-likeness (QED) is 0.514.